The molecule has 0 saturated carbocycles. The topological polar surface area (TPSA) is 102 Å². The molecule has 0 aromatic heterocycles. The Morgan fingerprint density at radius 3 is 2.44 bits per heavy atom. The zero-order valence-corrected chi connectivity index (χ0v) is 21.4. The lowest BCUT2D eigenvalue weighted by molar-refractivity contribution is 0.144. The summed E-state index contributed by atoms with van der Waals surface area (Å²) in [6, 6.07) is 23.8. The Morgan fingerprint density at radius 1 is 1.03 bits per heavy atom. The molecule has 9 heteroatoms. The van der Waals surface area contributed by atoms with E-state index >= 15 is 0 Å². The molecule has 3 aromatic rings. The van der Waals surface area contributed by atoms with Gasteiger partial charge in [-0.2, -0.15) is 0 Å². The highest BCUT2D eigenvalue weighted by Crippen LogP contribution is 2.38. The summed E-state index contributed by atoms with van der Waals surface area (Å²) >= 11 is 8.12. The van der Waals surface area contributed by atoms with E-state index in [0.29, 0.717) is 30.9 Å². The summed E-state index contributed by atoms with van der Waals surface area (Å²) in [5.41, 5.74) is 7.47. The maximum atomic E-state index is 11.0. The predicted octanol–water partition coefficient (Wildman–Crippen LogP) is 6.22. The van der Waals surface area contributed by atoms with Crippen molar-refractivity contribution < 1.29 is 23.6 Å². The van der Waals surface area contributed by atoms with Gasteiger partial charge in [0, 0.05) is 20.4 Å². The summed E-state index contributed by atoms with van der Waals surface area (Å²) in [6.07, 6.45) is 1.57. The van der Waals surface area contributed by atoms with Crippen molar-refractivity contribution >= 4 is 31.2 Å². The summed E-state index contributed by atoms with van der Waals surface area (Å²) in [5.74, 6) is 0.799. The molecule has 0 amide bonds. The van der Waals surface area contributed by atoms with Gasteiger partial charge in [-0.25, -0.2) is 4.57 Å². The monoisotopic (exact) mass is 521 g/mol. The van der Waals surface area contributed by atoms with E-state index in [9.17, 15) is 4.57 Å². The summed E-state index contributed by atoms with van der Waals surface area (Å²) in [6.45, 7) is 2.15. The Hall–Kier alpha value is -1.83. The van der Waals surface area contributed by atoms with Crippen LogP contribution in [0.15, 0.2) is 82.6 Å². The second-order valence-electron chi connectivity index (χ2n) is 8.08. The van der Waals surface area contributed by atoms with E-state index in [1.807, 2.05) is 79.7 Å². The molecular weight excluding hydrogens is 493 g/mol. The van der Waals surface area contributed by atoms with Crippen LogP contribution in [-0.2, 0) is 22.1 Å². The van der Waals surface area contributed by atoms with E-state index in [-0.39, 0.29) is 6.61 Å². The van der Waals surface area contributed by atoms with Crippen molar-refractivity contribution in [2.75, 3.05) is 6.61 Å². The van der Waals surface area contributed by atoms with Gasteiger partial charge in [0.25, 0.3) is 0 Å². The third-order valence-electron chi connectivity index (χ3n) is 5.43. The standard InChI is InChI=1S/C25H29ClNO5PS/c1-2-25(27,18-32-33(28,29)30)14-13-20-11-12-23(16-24(20)26)34-22-10-6-9-21(15-22)31-17-19-7-4-3-5-8-19/h3-12,15-16H,2,13-14,17-18,27H2,1H3,(H2,28,29,30). The normalized spacial score (nSPS) is 13.4. The van der Waals surface area contributed by atoms with Crippen LogP contribution >= 0.6 is 31.2 Å². The number of phosphoric acid groups is 1. The molecule has 0 radical (unpaired) electrons. The van der Waals surface area contributed by atoms with Crippen molar-refractivity contribution in [1.82, 2.24) is 0 Å². The van der Waals surface area contributed by atoms with Crippen LogP contribution in [0, 0.1) is 0 Å². The first-order valence-electron chi connectivity index (χ1n) is 10.9. The summed E-state index contributed by atoms with van der Waals surface area (Å²) in [4.78, 5) is 19.9. The lowest BCUT2D eigenvalue weighted by Gasteiger charge is -2.28. The smallest absolute Gasteiger partial charge is 0.469 e. The number of phosphoric ester groups is 1. The molecule has 34 heavy (non-hydrogen) atoms. The molecule has 0 aliphatic rings. The summed E-state index contributed by atoms with van der Waals surface area (Å²) in [5, 5.41) is 0.621. The number of benzene rings is 3. The molecule has 4 N–H and O–H groups in total. The van der Waals surface area contributed by atoms with Crippen LogP contribution in [0.1, 0.15) is 30.9 Å². The Bertz CT molecular complexity index is 1130. The number of rotatable bonds is 12. The van der Waals surface area contributed by atoms with Crippen LogP contribution in [-0.4, -0.2) is 21.9 Å². The van der Waals surface area contributed by atoms with Gasteiger partial charge >= 0.3 is 7.82 Å². The first-order chi connectivity index (χ1) is 16.2. The summed E-state index contributed by atoms with van der Waals surface area (Å²) < 4.78 is 21.6. The van der Waals surface area contributed by atoms with Gasteiger partial charge in [0.1, 0.15) is 12.4 Å². The quantitative estimate of drug-likeness (QED) is 0.243. The van der Waals surface area contributed by atoms with Gasteiger partial charge in [0.05, 0.1) is 6.61 Å². The Kier molecular flexibility index (Phi) is 9.63. The number of aryl methyl sites for hydroxylation is 1. The number of hydrogen-bond acceptors (Lipinski definition) is 5. The van der Waals surface area contributed by atoms with Gasteiger partial charge in [0.2, 0.25) is 0 Å². The fraction of sp³-hybridized carbons (Fsp3) is 0.280. The molecule has 1 unspecified atom stereocenters. The number of nitrogens with two attached hydrogens (primary N) is 1. The highest BCUT2D eigenvalue weighted by molar-refractivity contribution is 7.99. The SMILES string of the molecule is CCC(N)(CCc1ccc(Sc2cccc(OCc3ccccc3)c2)cc1Cl)COP(=O)(O)O. The highest BCUT2D eigenvalue weighted by atomic mass is 35.5. The fourth-order valence-corrected chi connectivity index (χ4v) is 4.92. The van der Waals surface area contributed by atoms with Gasteiger partial charge in [-0.15, -0.1) is 0 Å². The van der Waals surface area contributed by atoms with E-state index in [2.05, 4.69) is 4.52 Å². The van der Waals surface area contributed by atoms with Crippen molar-refractivity contribution in [1.29, 1.82) is 0 Å². The fourth-order valence-electron chi connectivity index (χ4n) is 3.25. The van der Waals surface area contributed by atoms with Crippen molar-refractivity contribution in [2.45, 2.75) is 48.1 Å². The molecule has 3 rings (SSSR count). The van der Waals surface area contributed by atoms with Gasteiger partial charge in [-0.3, -0.25) is 4.52 Å². The average Bonchev–Trinajstić information content (AvgIpc) is 2.81. The lowest BCUT2D eigenvalue weighted by atomic mass is 9.90. The van der Waals surface area contributed by atoms with Crippen LogP contribution in [0.4, 0.5) is 0 Å². The molecular formula is C25H29ClNO5PS. The number of hydrogen-bond donors (Lipinski definition) is 3. The van der Waals surface area contributed by atoms with E-state index in [4.69, 9.17) is 31.9 Å². The highest BCUT2D eigenvalue weighted by Gasteiger charge is 2.27. The van der Waals surface area contributed by atoms with Crippen molar-refractivity contribution in [2.24, 2.45) is 5.73 Å². The minimum absolute atomic E-state index is 0.220. The molecule has 6 nitrogen and oxygen atoms in total. The van der Waals surface area contributed by atoms with Crippen molar-refractivity contribution in [3.05, 3.63) is 88.9 Å². The largest absolute Gasteiger partial charge is 0.489 e. The molecule has 0 spiro atoms. The van der Waals surface area contributed by atoms with Crippen LogP contribution < -0.4 is 10.5 Å². The third kappa shape index (κ3) is 8.75. The number of halogens is 1. The molecule has 0 heterocycles. The van der Waals surface area contributed by atoms with Crippen LogP contribution in [0.3, 0.4) is 0 Å². The maximum Gasteiger partial charge on any atom is 0.469 e. The van der Waals surface area contributed by atoms with E-state index in [0.717, 1.165) is 26.7 Å². The molecule has 3 aromatic carbocycles. The van der Waals surface area contributed by atoms with Gasteiger partial charge in [0.15, 0.2) is 0 Å². The lowest BCUT2D eigenvalue weighted by Crippen LogP contribution is -2.44. The third-order valence-corrected chi connectivity index (χ3v) is 7.23. The molecule has 0 aliphatic heterocycles. The van der Waals surface area contributed by atoms with Crippen molar-refractivity contribution in [3.63, 3.8) is 0 Å². The Labute approximate surface area is 209 Å². The van der Waals surface area contributed by atoms with Crippen LogP contribution in [0.25, 0.3) is 0 Å². The van der Waals surface area contributed by atoms with Gasteiger partial charge in [-0.05, 0) is 60.7 Å². The van der Waals surface area contributed by atoms with E-state index in [1.165, 1.54) is 0 Å². The summed E-state index contributed by atoms with van der Waals surface area (Å²) in [7, 11) is -4.56. The molecule has 0 saturated heterocycles. The first-order valence-corrected chi connectivity index (χ1v) is 13.6. The second-order valence-corrected chi connectivity index (χ2v) is 10.9. The zero-order valence-electron chi connectivity index (χ0n) is 18.9. The first kappa shape index (κ1) is 26.8. The predicted molar refractivity (Wildman–Crippen MR) is 136 cm³/mol. The van der Waals surface area contributed by atoms with Crippen LogP contribution in [0.2, 0.25) is 5.02 Å². The maximum absolute atomic E-state index is 11.0. The molecule has 182 valence electrons. The van der Waals surface area contributed by atoms with Gasteiger partial charge < -0.3 is 20.3 Å². The minimum atomic E-state index is -4.56. The number of ether oxygens (including phenoxy) is 1. The van der Waals surface area contributed by atoms with E-state index < -0.39 is 13.4 Å². The van der Waals surface area contributed by atoms with E-state index in [1.54, 1.807) is 11.8 Å². The molecule has 0 bridgehead atoms. The Balaban J connectivity index is 1.59. The Morgan fingerprint density at radius 2 is 1.76 bits per heavy atom. The molecule has 0 fully saturated rings. The second kappa shape index (κ2) is 12.2. The zero-order chi connectivity index (χ0) is 24.6. The van der Waals surface area contributed by atoms with Crippen molar-refractivity contribution in [3.8, 4) is 5.75 Å². The van der Waals surface area contributed by atoms with Gasteiger partial charge in [-0.1, -0.05) is 72.8 Å². The molecule has 1 atom stereocenters. The average molecular weight is 522 g/mol. The molecule has 0 aliphatic carbocycles. The minimum Gasteiger partial charge on any atom is -0.489 e. The van der Waals surface area contributed by atoms with Crippen LogP contribution in [0.5, 0.6) is 5.75 Å².